The molecule has 31 heavy (non-hydrogen) atoms. The van der Waals surface area contributed by atoms with Crippen LogP contribution in [0.5, 0.6) is 0 Å². The Morgan fingerprint density at radius 3 is 2.68 bits per heavy atom. The Kier molecular flexibility index (Phi) is 5.73. The van der Waals surface area contributed by atoms with E-state index < -0.39 is 0 Å². The molecule has 0 atom stereocenters. The highest BCUT2D eigenvalue weighted by Crippen LogP contribution is 2.27. The third kappa shape index (κ3) is 4.81. The lowest BCUT2D eigenvalue weighted by molar-refractivity contribution is 0.122. The topological polar surface area (TPSA) is 79.0 Å². The minimum Gasteiger partial charge on any atom is -0.378 e. The molecule has 5 rings (SSSR count). The zero-order valence-electron chi connectivity index (χ0n) is 17.3. The van der Waals surface area contributed by atoms with Gasteiger partial charge in [0.05, 0.1) is 18.9 Å². The number of aromatic nitrogens is 4. The molecular weight excluding hydrogens is 408 g/mol. The van der Waals surface area contributed by atoms with E-state index in [2.05, 4.69) is 62.9 Å². The standard InChI is InChI=1S/C23H24N6OS/c1-16-12-21(28-27-16)24-20-14-22(29-8-10-30-11-9-29)26-23(25-20)31-15-17-6-7-18-4-2-3-5-19(18)13-17/h2-7,12-14H,8-11,15H2,1H3,(H2,24,25,26,27,28). The van der Waals surface area contributed by atoms with Crippen molar-refractivity contribution in [2.45, 2.75) is 17.8 Å². The zero-order chi connectivity index (χ0) is 21.0. The summed E-state index contributed by atoms with van der Waals surface area (Å²) >= 11 is 1.64. The molecule has 4 aromatic rings. The van der Waals surface area contributed by atoms with Crippen LogP contribution >= 0.6 is 11.8 Å². The Balaban J connectivity index is 1.39. The van der Waals surface area contributed by atoms with Crippen molar-refractivity contribution >= 4 is 40.0 Å². The van der Waals surface area contributed by atoms with E-state index in [0.29, 0.717) is 13.2 Å². The van der Waals surface area contributed by atoms with Gasteiger partial charge in [0.25, 0.3) is 0 Å². The van der Waals surface area contributed by atoms with Gasteiger partial charge in [-0.3, -0.25) is 5.10 Å². The first-order valence-electron chi connectivity index (χ1n) is 10.3. The molecule has 0 amide bonds. The molecule has 1 aliphatic heterocycles. The Labute approximate surface area is 185 Å². The summed E-state index contributed by atoms with van der Waals surface area (Å²) in [7, 11) is 0. The summed E-state index contributed by atoms with van der Waals surface area (Å²) in [6, 6.07) is 18.9. The fourth-order valence-corrected chi connectivity index (χ4v) is 4.39. The summed E-state index contributed by atoms with van der Waals surface area (Å²) in [5, 5.41) is 13.7. The number of hydrogen-bond acceptors (Lipinski definition) is 7. The Morgan fingerprint density at radius 2 is 1.87 bits per heavy atom. The second kappa shape index (κ2) is 8.95. The quantitative estimate of drug-likeness (QED) is 0.342. The predicted molar refractivity (Wildman–Crippen MR) is 125 cm³/mol. The maximum atomic E-state index is 5.50. The Bertz CT molecular complexity index is 1190. The first-order chi connectivity index (χ1) is 15.2. The van der Waals surface area contributed by atoms with Crippen LogP contribution in [-0.2, 0) is 10.5 Å². The molecule has 8 heteroatoms. The minimum absolute atomic E-state index is 0.714. The number of fused-ring (bicyclic) bond motifs is 1. The molecule has 0 radical (unpaired) electrons. The van der Waals surface area contributed by atoms with Crippen molar-refractivity contribution in [3.8, 4) is 0 Å². The molecular formula is C23H24N6OS. The molecule has 1 aliphatic rings. The van der Waals surface area contributed by atoms with E-state index in [1.165, 1.54) is 16.3 Å². The molecule has 0 saturated carbocycles. The van der Waals surface area contributed by atoms with E-state index in [4.69, 9.17) is 14.7 Å². The third-order valence-corrected chi connectivity index (χ3v) is 6.10. The molecule has 0 aliphatic carbocycles. The molecule has 0 spiro atoms. The number of benzene rings is 2. The van der Waals surface area contributed by atoms with Gasteiger partial charge in [-0.1, -0.05) is 54.2 Å². The van der Waals surface area contributed by atoms with E-state index in [0.717, 1.165) is 47.1 Å². The number of anilines is 3. The number of H-pyrrole nitrogens is 1. The maximum Gasteiger partial charge on any atom is 0.191 e. The van der Waals surface area contributed by atoms with Crippen molar-refractivity contribution in [1.82, 2.24) is 20.2 Å². The lowest BCUT2D eigenvalue weighted by Crippen LogP contribution is -2.36. The lowest BCUT2D eigenvalue weighted by Gasteiger charge is -2.28. The van der Waals surface area contributed by atoms with Crippen LogP contribution in [0, 0.1) is 6.92 Å². The van der Waals surface area contributed by atoms with Crippen LogP contribution in [0.3, 0.4) is 0 Å². The summed E-state index contributed by atoms with van der Waals surface area (Å²) in [4.78, 5) is 11.8. The molecule has 2 aromatic heterocycles. The van der Waals surface area contributed by atoms with Gasteiger partial charge in [0.1, 0.15) is 17.5 Å². The minimum atomic E-state index is 0.714. The van der Waals surface area contributed by atoms with Gasteiger partial charge in [0, 0.05) is 31.0 Å². The number of aryl methyl sites for hydroxylation is 1. The number of rotatable bonds is 6. The van der Waals surface area contributed by atoms with Gasteiger partial charge >= 0.3 is 0 Å². The van der Waals surface area contributed by atoms with E-state index >= 15 is 0 Å². The normalized spacial score (nSPS) is 14.2. The number of ether oxygens (including phenoxy) is 1. The molecule has 0 unspecified atom stereocenters. The van der Waals surface area contributed by atoms with Crippen molar-refractivity contribution in [3.63, 3.8) is 0 Å². The third-order valence-electron chi connectivity index (χ3n) is 5.18. The van der Waals surface area contributed by atoms with Gasteiger partial charge in [-0.05, 0) is 23.3 Å². The second-order valence-electron chi connectivity index (χ2n) is 7.51. The van der Waals surface area contributed by atoms with Crippen LogP contribution in [0.1, 0.15) is 11.3 Å². The lowest BCUT2D eigenvalue weighted by atomic mass is 10.1. The number of nitrogens with zero attached hydrogens (tertiary/aromatic N) is 4. The highest BCUT2D eigenvalue weighted by molar-refractivity contribution is 7.98. The number of nitrogens with one attached hydrogen (secondary N) is 2. The largest absolute Gasteiger partial charge is 0.378 e. The molecule has 2 aromatic carbocycles. The summed E-state index contributed by atoms with van der Waals surface area (Å²) in [5.74, 6) is 3.29. The van der Waals surface area contributed by atoms with Crippen molar-refractivity contribution in [2.75, 3.05) is 36.5 Å². The van der Waals surface area contributed by atoms with Crippen molar-refractivity contribution in [1.29, 1.82) is 0 Å². The molecule has 1 saturated heterocycles. The first-order valence-corrected chi connectivity index (χ1v) is 11.3. The van der Waals surface area contributed by atoms with E-state index in [-0.39, 0.29) is 0 Å². The van der Waals surface area contributed by atoms with Crippen LogP contribution in [-0.4, -0.2) is 46.5 Å². The van der Waals surface area contributed by atoms with Crippen LogP contribution in [0.4, 0.5) is 17.5 Å². The SMILES string of the molecule is Cc1cc(Nc2cc(N3CCOCC3)nc(SCc3ccc4ccccc4c3)n2)[nH]n1. The molecule has 158 valence electrons. The predicted octanol–water partition coefficient (Wildman–Crippen LogP) is 4.53. The number of hydrogen-bond donors (Lipinski definition) is 2. The van der Waals surface area contributed by atoms with Crippen LogP contribution < -0.4 is 10.2 Å². The molecule has 2 N–H and O–H groups in total. The van der Waals surface area contributed by atoms with E-state index in [1.54, 1.807) is 11.8 Å². The van der Waals surface area contributed by atoms with Crippen molar-refractivity contribution in [2.24, 2.45) is 0 Å². The van der Waals surface area contributed by atoms with Crippen molar-refractivity contribution < 1.29 is 4.74 Å². The van der Waals surface area contributed by atoms with Crippen LogP contribution in [0.2, 0.25) is 0 Å². The average Bonchev–Trinajstić information content (AvgIpc) is 3.22. The van der Waals surface area contributed by atoms with Gasteiger partial charge < -0.3 is 15.0 Å². The van der Waals surface area contributed by atoms with Gasteiger partial charge in [0.15, 0.2) is 5.16 Å². The number of morpholine rings is 1. The Morgan fingerprint density at radius 1 is 1.03 bits per heavy atom. The smallest absolute Gasteiger partial charge is 0.191 e. The summed E-state index contributed by atoms with van der Waals surface area (Å²) in [5.41, 5.74) is 2.18. The van der Waals surface area contributed by atoms with Gasteiger partial charge in [0.2, 0.25) is 0 Å². The van der Waals surface area contributed by atoms with Gasteiger partial charge in [-0.25, -0.2) is 9.97 Å². The van der Waals surface area contributed by atoms with E-state index in [1.807, 2.05) is 19.1 Å². The average molecular weight is 433 g/mol. The molecule has 7 nitrogen and oxygen atoms in total. The second-order valence-corrected chi connectivity index (χ2v) is 8.45. The molecule has 0 bridgehead atoms. The zero-order valence-corrected chi connectivity index (χ0v) is 18.2. The fraction of sp³-hybridized carbons (Fsp3) is 0.261. The summed E-state index contributed by atoms with van der Waals surface area (Å²) in [6.07, 6.45) is 0. The molecule has 3 heterocycles. The van der Waals surface area contributed by atoms with Gasteiger partial charge in [-0.15, -0.1) is 0 Å². The highest BCUT2D eigenvalue weighted by Gasteiger charge is 2.16. The molecule has 1 fully saturated rings. The first kappa shape index (κ1) is 19.8. The van der Waals surface area contributed by atoms with E-state index in [9.17, 15) is 0 Å². The monoisotopic (exact) mass is 432 g/mol. The van der Waals surface area contributed by atoms with Gasteiger partial charge in [-0.2, -0.15) is 5.10 Å². The summed E-state index contributed by atoms with van der Waals surface area (Å²) in [6.45, 7) is 5.03. The highest BCUT2D eigenvalue weighted by atomic mass is 32.2. The van der Waals surface area contributed by atoms with Crippen LogP contribution in [0.15, 0.2) is 59.8 Å². The van der Waals surface area contributed by atoms with Crippen LogP contribution in [0.25, 0.3) is 10.8 Å². The maximum absolute atomic E-state index is 5.50. The summed E-state index contributed by atoms with van der Waals surface area (Å²) < 4.78 is 5.50. The Hall–Kier alpha value is -3.10. The number of thioether (sulfide) groups is 1. The fourth-order valence-electron chi connectivity index (χ4n) is 3.60. The number of aromatic amines is 1. The van der Waals surface area contributed by atoms with Crippen molar-refractivity contribution in [3.05, 3.63) is 65.9 Å².